The number of amides is 3. The minimum Gasteiger partial charge on any atom is -0.348 e. The van der Waals surface area contributed by atoms with Crippen LogP contribution in [-0.2, 0) is 16.1 Å². The predicted octanol–water partition coefficient (Wildman–Crippen LogP) is 4.68. The van der Waals surface area contributed by atoms with Crippen molar-refractivity contribution in [3.05, 3.63) is 94.0 Å². The average molecular weight is 506 g/mol. The molecule has 0 unspecified atom stereocenters. The molecule has 1 fully saturated rings. The van der Waals surface area contributed by atoms with Crippen LogP contribution < -0.4 is 15.5 Å². The van der Waals surface area contributed by atoms with E-state index in [2.05, 4.69) is 26.6 Å². The highest BCUT2D eigenvalue weighted by Crippen LogP contribution is 2.27. The van der Waals surface area contributed by atoms with E-state index in [1.165, 1.54) is 0 Å². The highest BCUT2D eigenvalue weighted by atomic mass is 79.9. The number of nitrogens with one attached hydrogen (secondary N) is 2. The summed E-state index contributed by atoms with van der Waals surface area (Å²) in [6.45, 7) is 2.70. The van der Waals surface area contributed by atoms with Crippen LogP contribution >= 0.6 is 15.9 Å². The molecule has 0 aromatic heterocycles. The zero-order valence-electron chi connectivity index (χ0n) is 18.2. The maximum absolute atomic E-state index is 12.9. The molecular weight excluding hydrogens is 482 g/mol. The molecule has 33 heavy (non-hydrogen) atoms. The minimum absolute atomic E-state index is 0.0957. The van der Waals surface area contributed by atoms with Crippen LogP contribution in [0.5, 0.6) is 0 Å². The summed E-state index contributed by atoms with van der Waals surface area (Å²) in [5.41, 5.74) is 3.72. The van der Waals surface area contributed by atoms with E-state index in [1.54, 1.807) is 29.2 Å². The molecule has 2 N–H and O–H groups in total. The van der Waals surface area contributed by atoms with Crippen LogP contribution in [0.15, 0.2) is 77.3 Å². The van der Waals surface area contributed by atoms with E-state index >= 15 is 0 Å². The van der Waals surface area contributed by atoms with Gasteiger partial charge in [0.1, 0.15) is 0 Å². The summed E-state index contributed by atoms with van der Waals surface area (Å²) >= 11 is 3.39. The van der Waals surface area contributed by atoms with Crippen molar-refractivity contribution in [2.75, 3.05) is 16.8 Å². The van der Waals surface area contributed by atoms with Gasteiger partial charge >= 0.3 is 0 Å². The number of nitrogens with zero attached hydrogens (tertiary/aromatic N) is 1. The van der Waals surface area contributed by atoms with E-state index in [4.69, 9.17) is 0 Å². The first kappa shape index (κ1) is 22.7. The molecule has 0 aliphatic carbocycles. The van der Waals surface area contributed by atoms with Crippen molar-refractivity contribution in [1.29, 1.82) is 0 Å². The third-order valence-electron chi connectivity index (χ3n) is 5.64. The topological polar surface area (TPSA) is 78.5 Å². The van der Waals surface area contributed by atoms with Crippen molar-refractivity contribution in [3.63, 3.8) is 0 Å². The van der Waals surface area contributed by atoms with Crippen molar-refractivity contribution in [2.24, 2.45) is 5.92 Å². The zero-order chi connectivity index (χ0) is 23.4. The minimum atomic E-state index is -0.496. The highest BCUT2D eigenvalue weighted by Gasteiger charge is 2.35. The fourth-order valence-corrected chi connectivity index (χ4v) is 4.03. The van der Waals surface area contributed by atoms with Gasteiger partial charge in [-0.2, -0.15) is 0 Å². The van der Waals surface area contributed by atoms with Crippen LogP contribution in [0.25, 0.3) is 0 Å². The third-order valence-corrected chi connectivity index (χ3v) is 6.17. The first-order valence-electron chi connectivity index (χ1n) is 10.7. The van der Waals surface area contributed by atoms with Gasteiger partial charge in [-0.25, -0.2) is 0 Å². The summed E-state index contributed by atoms with van der Waals surface area (Å²) in [6.07, 6.45) is 0.129. The van der Waals surface area contributed by atoms with Gasteiger partial charge in [0.25, 0.3) is 5.91 Å². The second-order valence-electron chi connectivity index (χ2n) is 8.08. The predicted molar refractivity (Wildman–Crippen MR) is 132 cm³/mol. The van der Waals surface area contributed by atoms with E-state index in [1.807, 2.05) is 55.5 Å². The Kier molecular flexibility index (Phi) is 6.89. The SMILES string of the molecule is Cc1ccc(CNC(=O)c2ccccc2NC(=O)[C@@H]2CC(=O)N(c3ccc(Br)cc3)C2)cc1. The number of halogens is 1. The second-order valence-corrected chi connectivity index (χ2v) is 9.00. The Bertz CT molecular complexity index is 1180. The molecule has 168 valence electrons. The molecule has 0 radical (unpaired) electrons. The molecule has 1 heterocycles. The molecule has 0 bridgehead atoms. The van der Waals surface area contributed by atoms with Gasteiger partial charge < -0.3 is 15.5 Å². The average Bonchev–Trinajstić information content (AvgIpc) is 3.21. The van der Waals surface area contributed by atoms with Gasteiger partial charge in [0.05, 0.1) is 17.2 Å². The maximum Gasteiger partial charge on any atom is 0.253 e. The van der Waals surface area contributed by atoms with Crippen molar-refractivity contribution < 1.29 is 14.4 Å². The van der Waals surface area contributed by atoms with Crippen LogP contribution in [0.4, 0.5) is 11.4 Å². The molecule has 3 aromatic rings. The number of hydrogen-bond acceptors (Lipinski definition) is 3. The summed E-state index contributed by atoms with van der Waals surface area (Å²) in [4.78, 5) is 39.9. The molecular formula is C26H24BrN3O3. The smallest absolute Gasteiger partial charge is 0.253 e. The molecule has 6 nitrogen and oxygen atoms in total. The van der Waals surface area contributed by atoms with Crippen LogP contribution in [0.1, 0.15) is 27.9 Å². The number of carbonyl (C=O) groups excluding carboxylic acids is 3. The molecule has 1 atom stereocenters. The fourth-order valence-electron chi connectivity index (χ4n) is 3.76. The highest BCUT2D eigenvalue weighted by molar-refractivity contribution is 9.10. The fraction of sp³-hybridized carbons (Fsp3) is 0.192. The Morgan fingerprint density at radius 1 is 1.00 bits per heavy atom. The van der Waals surface area contributed by atoms with Crippen LogP contribution in [0.3, 0.4) is 0 Å². The van der Waals surface area contributed by atoms with Gasteiger partial charge in [-0.15, -0.1) is 0 Å². The van der Waals surface area contributed by atoms with E-state index in [-0.39, 0.29) is 24.1 Å². The van der Waals surface area contributed by atoms with Gasteiger partial charge in [-0.3, -0.25) is 14.4 Å². The summed E-state index contributed by atoms with van der Waals surface area (Å²) < 4.78 is 0.921. The number of anilines is 2. The van der Waals surface area contributed by atoms with E-state index in [9.17, 15) is 14.4 Å². The number of aryl methyl sites for hydroxylation is 1. The molecule has 7 heteroatoms. The second kappa shape index (κ2) is 10.0. The Balaban J connectivity index is 1.41. The molecule has 1 aliphatic rings. The zero-order valence-corrected chi connectivity index (χ0v) is 19.8. The lowest BCUT2D eigenvalue weighted by atomic mass is 10.1. The Morgan fingerprint density at radius 3 is 2.42 bits per heavy atom. The standard InChI is InChI=1S/C26H24BrN3O3/c1-17-6-8-18(9-7-17)15-28-26(33)22-4-2-3-5-23(22)29-25(32)19-14-24(31)30(16-19)21-12-10-20(27)11-13-21/h2-13,19H,14-16H2,1H3,(H,28,33)(H,29,32)/t19-/m1/s1. The van der Waals surface area contributed by atoms with Gasteiger partial charge in [-0.05, 0) is 48.9 Å². The Labute approximate surface area is 201 Å². The third kappa shape index (κ3) is 5.49. The monoisotopic (exact) mass is 505 g/mol. The van der Waals surface area contributed by atoms with E-state index in [0.717, 1.165) is 21.3 Å². The first-order chi connectivity index (χ1) is 15.9. The van der Waals surface area contributed by atoms with Crippen molar-refractivity contribution in [1.82, 2.24) is 5.32 Å². The van der Waals surface area contributed by atoms with E-state index < -0.39 is 5.92 Å². The number of carbonyl (C=O) groups is 3. The normalized spacial score (nSPS) is 15.4. The number of rotatable bonds is 6. The Morgan fingerprint density at radius 2 is 1.70 bits per heavy atom. The summed E-state index contributed by atoms with van der Waals surface area (Å²) in [6, 6.07) is 22.2. The van der Waals surface area contributed by atoms with E-state index in [0.29, 0.717) is 24.3 Å². The van der Waals surface area contributed by atoms with Gasteiger partial charge in [0.2, 0.25) is 11.8 Å². The first-order valence-corrected chi connectivity index (χ1v) is 11.5. The van der Waals surface area contributed by atoms with Crippen molar-refractivity contribution in [2.45, 2.75) is 19.9 Å². The largest absolute Gasteiger partial charge is 0.348 e. The summed E-state index contributed by atoms with van der Waals surface area (Å²) in [5, 5.41) is 5.76. The van der Waals surface area contributed by atoms with Crippen LogP contribution in [-0.4, -0.2) is 24.3 Å². The maximum atomic E-state index is 12.9. The van der Waals surface area contributed by atoms with Crippen LogP contribution in [0.2, 0.25) is 0 Å². The lowest BCUT2D eigenvalue weighted by Crippen LogP contribution is -2.29. The molecule has 0 saturated carbocycles. The molecule has 1 aliphatic heterocycles. The number of benzene rings is 3. The summed E-state index contributed by atoms with van der Waals surface area (Å²) in [7, 11) is 0. The van der Waals surface area contributed by atoms with Gasteiger partial charge in [-0.1, -0.05) is 57.9 Å². The van der Waals surface area contributed by atoms with Crippen LogP contribution in [0, 0.1) is 12.8 Å². The molecule has 3 amide bonds. The van der Waals surface area contributed by atoms with Gasteiger partial charge in [0, 0.05) is 29.7 Å². The quantitative estimate of drug-likeness (QED) is 0.510. The van der Waals surface area contributed by atoms with Crippen molar-refractivity contribution in [3.8, 4) is 0 Å². The lowest BCUT2D eigenvalue weighted by molar-refractivity contribution is -0.122. The lowest BCUT2D eigenvalue weighted by Gasteiger charge is -2.17. The molecule has 1 saturated heterocycles. The van der Waals surface area contributed by atoms with Gasteiger partial charge in [0.15, 0.2) is 0 Å². The molecule has 0 spiro atoms. The van der Waals surface area contributed by atoms with Crippen molar-refractivity contribution >= 4 is 45.0 Å². The number of hydrogen-bond donors (Lipinski definition) is 2. The summed E-state index contributed by atoms with van der Waals surface area (Å²) in [5.74, 6) is -1.14. The number of para-hydroxylation sites is 1. The molecule has 3 aromatic carbocycles. The Hall–Kier alpha value is -3.45. The molecule has 4 rings (SSSR count).